The maximum Gasteiger partial charge on any atom is 0.123 e. The standard InChI is InChI=1S/C24H27N5O2/c1-30-20-6-3-17(4-7-20)21-10-12-28(24(21)31-2)11-9-18-14-25-23-8-5-19(13-22(18)23)29-15-26-27-16-29/h3-8,13-16,21,24-25H,9-12H2,1-2H3/t21-,24?/m1/s1. The van der Waals surface area contributed by atoms with Crippen molar-refractivity contribution in [2.45, 2.75) is 25.0 Å². The number of benzene rings is 2. The first-order chi connectivity index (χ1) is 15.3. The number of ether oxygens (including phenoxy) is 2. The third kappa shape index (κ3) is 3.82. The summed E-state index contributed by atoms with van der Waals surface area (Å²) < 4.78 is 13.2. The van der Waals surface area contributed by atoms with Crippen molar-refractivity contribution >= 4 is 10.9 Å². The van der Waals surface area contributed by atoms with Gasteiger partial charge in [0.25, 0.3) is 0 Å². The highest BCUT2D eigenvalue weighted by Gasteiger charge is 2.35. The van der Waals surface area contributed by atoms with Crippen molar-refractivity contribution < 1.29 is 9.47 Å². The predicted molar refractivity (Wildman–Crippen MR) is 120 cm³/mol. The van der Waals surface area contributed by atoms with Gasteiger partial charge in [-0.15, -0.1) is 10.2 Å². The van der Waals surface area contributed by atoms with Gasteiger partial charge in [0.2, 0.25) is 0 Å². The molecule has 2 aromatic carbocycles. The number of likely N-dealkylation sites (tertiary alicyclic amines) is 1. The van der Waals surface area contributed by atoms with Crippen LogP contribution in [0, 0.1) is 0 Å². The summed E-state index contributed by atoms with van der Waals surface area (Å²) in [6, 6.07) is 14.8. The fourth-order valence-electron chi connectivity index (χ4n) is 4.70. The van der Waals surface area contributed by atoms with Crippen molar-refractivity contribution in [3.63, 3.8) is 0 Å². The minimum absolute atomic E-state index is 0.0891. The van der Waals surface area contributed by atoms with Crippen LogP contribution in [0.2, 0.25) is 0 Å². The maximum atomic E-state index is 5.94. The second-order valence-electron chi connectivity index (χ2n) is 7.99. The first kappa shape index (κ1) is 19.8. The molecule has 2 atom stereocenters. The Hall–Kier alpha value is -3.16. The van der Waals surface area contributed by atoms with Crippen LogP contribution in [0.5, 0.6) is 5.75 Å². The van der Waals surface area contributed by atoms with Gasteiger partial charge in [0.1, 0.15) is 24.6 Å². The van der Waals surface area contributed by atoms with Crippen molar-refractivity contribution in [2.75, 3.05) is 27.3 Å². The van der Waals surface area contributed by atoms with E-state index in [1.807, 2.05) is 23.8 Å². The predicted octanol–water partition coefficient (Wildman–Crippen LogP) is 3.76. The molecule has 1 aliphatic rings. The van der Waals surface area contributed by atoms with E-state index >= 15 is 0 Å². The minimum Gasteiger partial charge on any atom is -0.497 e. The fraction of sp³-hybridized carbons (Fsp3) is 0.333. The summed E-state index contributed by atoms with van der Waals surface area (Å²) in [5.41, 5.74) is 4.83. The maximum absolute atomic E-state index is 5.94. The molecular weight excluding hydrogens is 390 g/mol. The van der Waals surface area contributed by atoms with Crippen molar-refractivity contribution in [3.05, 3.63) is 72.4 Å². The van der Waals surface area contributed by atoms with E-state index in [0.29, 0.717) is 5.92 Å². The molecule has 1 aliphatic heterocycles. The zero-order valence-electron chi connectivity index (χ0n) is 17.9. The highest BCUT2D eigenvalue weighted by atomic mass is 16.5. The quantitative estimate of drug-likeness (QED) is 0.496. The molecule has 0 saturated carbocycles. The van der Waals surface area contributed by atoms with E-state index in [2.05, 4.69) is 56.6 Å². The number of H-pyrrole nitrogens is 1. The molecule has 0 amide bonds. The van der Waals surface area contributed by atoms with Crippen LogP contribution in [0.4, 0.5) is 0 Å². The number of methoxy groups -OCH3 is 2. The molecular formula is C24H27N5O2. The number of rotatable bonds is 7. The number of aromatic amines is 1. The van der Waals surface area contributed by atoms with E-state index in [1.165, 1.54) is 16.5 Å². The molecule has 0 bridgehead atoms. The molecule has 2 aromatic heterocycles. The smallest absolute Gasteiger partial charge is 0.123 e. The van der Waals surface area contributed by atoms with Crippen LogP contribution in [0.3, 0.4) is 0 Å². The molecule has 1 N–H and O–H groups in total. The van der Waals surface area contributed by atoms with Gasteiger partial charge in [0.05, 0.1) is 7.11 Å². The van der Waals surface area contributed by atoms with Crippen molar-refractivity contribution in [2.24, 2.45) is 0 Å². The SMILES string of the molecule is COc1ccc([C@H]2CCN(CCc3c[nH]c4ccc(-n5cnnc5)cc34)C2OC)cc1. The van der Waals surface area contributed by atoms with Crippen LogP contribution in [-0.4, -0.2) is 58.2 Å². The number of aromatic nitrogens is 4. The summed E-state index contributed by atoms with van der Waals surface area (Å²) >= 11 is 0. The van der Waals surface area contributed by atoms with Crippen LogP contribution in [0.1, 0.15) is 23.5 Å². The van der Waals surface area contributed by atoms with Gasteiger partial charge in [-0.25, -0.2) is 0 Å². The van der Waals surface area contributed by atoms with Gasteiger partial charge >= 0.3 is 0 Å². The van der Waals surface area contributed by atoms with Gasteiger partial charge in [-0.1, -0.05) is 12.1 Å². The lowest BCUT2D eigenvalue weighted by Gasteiger charge is -2.27. The van der Waals surface area contributed by atoms with Gasteiger partial charge in [-0.05, 0) is 54.3 Å². The summed E-state index contributed by atoms with van der Waals surface area (Å²) in [5, 5.41) is 9.07. The average Bonchev–Trinajstić information content (AvgIpc) is 3.57. The first-order valence-electron chi connectivity index (χ1n) is 10.6. The Morgan fingerprint density at radius 1 is 1.06 bits per heavy atom. The lowest BCUT2D eigenvalue weighted by molar-refractivity contribution is -0.0134. The highest BCUT2D eigenvalue weighted by Crippen LogP contribution is 2.35. The molecule has 0 radical (unpaired) electrons. The monoisotopic (exact) mass is 417 g/mol. The Morgan fingerprint density at radius 2 is 1.87 bits per heavy atom. The van der Waals surface area contributed by atoms with E-state index in [0.717, 1.165) is 42.9 Å². The second kappa shape index (κ2) is 8.53. The Labute approximate surface area is 181 Å². The van der Waals surface area contributed by atoms with Crippen molar-refractivity contribution in [1.29, 1.82) is 0 Å². The minimum atomic E-state index is 0.0891. The van der Waals surface area contributed by atoms with Crippen molar-refractivity contribution in [1.82, 2.24) is 24.6 Å². The zero-order chi connectivity index (χ0) is 21.2. The Kier molecular flexibility index (Phi) is 5.44. The van der Waals surface area contributed by atoms with Gasteiger partial charge in [0.15, 0.2) is 0 Å². The van der Waals surface area contributed by atoms with Gasteiger partial charge in [0, 0.05) is 48.9 Å². The average molecular weight is 418 g/mol. The molecule has 31 heavy (non-hydrogen) atoms. The Bertz CT molecular complexity index is 1140. The van der Waals surface area contributed by atoms with E-state index < -0.39 is 0 Å². The molecule has 1 unspecified atom stereocenters. The number of fused-ring (bicyclic) bond motifs is 1. The lowest BCUT2D eigenvalue weighted by Crippen LogP contribution is -2.35. The molecule has 7 heteroatoms. The van der Waals surface area contributed by atoms with Crippen LogP contribution < -0.4 is 4.74 Å². The fourth-order valence-corrected chi connectivity index (χ4v) is 4.70. The number of hydrogen-bond donors (Lipinski definition) is 1. The summed E-state index contributed by atoms with van der Waals surface area (Å²) in [6.45, 7) is 1.98. The molecule has 3 heterocycles. The van der Waals surface area contributed by atoms with Gasteiger partial charge in [-0.2, -0.15) is 0 Å². The van der Waals surface area contributed by atoms with Crippen LogP contribution in [-0.2, 0) is 11.2 Å². The molecule has 0 spiro atoms. The van der Waals surface area contributed by atoms with E-state index in [1.54, 1.807) is 19.8 Å². The molecule has 160 valence electrons. The van der Waals surface area contributed by atoms with E-state index in [4.69, 9.17) is 9.47 Å². The Balaban J connectivity index is 1.31. The topological polar surface area (TPSA) is 68.2 Å². The molecule has 4 aromatic rings. The lowest BCUT2D eigenvalue weighted by atomic mass is 9.97. The summed E-state index contributed by atoms with van der Waals surface area (Å²) in [6.07, 6.45) is 7.71. The Morgan fingerprint density at radius 3 is 2.61 bits per heavy atom. The largest absolute Gasteiger partial charge is 0.497 e. The highest BCUT2D eigenvalue weighted by molar-refractivity contribution is 5.85. The van der Waals surface area contributed by atoms with Crippen LogP contribution in [0.25, 0.3) is 16.6 Å². The van der Waals surface area contributed by atoms with E-state index in [-0.39, 0.29) is 6.23 Å². The van der Waals surface area contributed by atoms with E-state index in [9.17, 15) is 0 Å². The normalized spacial score (nSPS) is 19.3. The van der Waals surface area contributed by atoms with Crippen LogP contribution in [0.15, 0.2) is 61.3 Å². The summed E-state index contributed by atoms with van der Waals surface area (Å²) in [7, 11) is 3.51. The second-order valence-corrected chi connectivity index (χ2v) is 7.99. The zero-order valence-corrected chi connectivity index (χ0v) is 17.9. The van der Waals surface area contributed by atoms with Crippen LogP contribution >= 0.6 is 0 Å². The molecule has 1 saturated heterocycles. The molecule has 7 nitrogen and oxygen atoms in total. The number of nitrogens with one attached hydrogen (secondary N) is 1. The number of hydrogen-bond acceptors (Lipinski definition) is 5. The molecule has 5 rings (SSSR count). The summed E-state index contributed by atoms with van der Waals surface area (Å²) in [4.78, 5) is 5.86. The summed E-state index contributed by atoms with van der Waals surface area (Å²) in [5.74, 6) is 1.26. The third-order valence-corrected chi connectivity index (χ3v) is 6.35. The van der Waals surface area contributed by atoms with Crippen molar-refractivity contribution in [3.8, 4) is 11.4 Å². The molecule has 1 fully saturated rings. The van der Waals surface area contributed by atoms with Gasteiger partial charge in [-0.3, -0.25) is 9.47 Å². The third-order valence-electron chi connectivity index (χ3n) is 6.35. The molecule has 0 aliphatic carbocycles. The first-order valence-corrected chi connectivity index (χ1v) is 10.6. The number of nitrogens with zero attached hydrogens (tertiary/aromatic N) is 4. The van der Waals surface area contributed by atoms with Gasteiger partial charge < -0.3 is 14.5 Å².